The zero-order chi connectivity index (χ0) is 21.4. The number of fused-ring (bicyclic) bond motifs is 3. The number of aryl methyl sites for hydroxylation is 2. The van der Waals surface area contributed by atoms with Crippen molar-refractivity contribution in [3.05, 3.63) is 85.4 Å². The van der Waals surface area contributed by atoms with E-state index in [-0.39, 0.29) is 11.4 Å². The first kappa shape index (κ1) is 19.1. The van der Waals surface area contributed by atoms with Gasteiger partial charge in [-0.05, 0) is 60.9 Å². The van der Waals surface area contributed by atoms with Gasteiger partial charge in [-0.3, -0.25) is 25.7 Å². The average molecular weight is 403 g/mol. The lowest BCUT2D eigenvalue weighted by atomic mass is 10.0. The highest BCUT2D eigenvalue weighted by atomic mass is 16.6. The largest absolute Gasteiger partial charge is 0.355 e. The molecule has 4 aromatic rings. The number of aromatic amines is 1. The first-order chi connectivity index (χ1) is 14.3. The van der Waals surface area contributed by atoms with Gasteiger partial charge in [0.05, 0.1) is 22.1 Å². The second-order valence-corrected chi connectivity index (χ2v) is 7.00. The van der Waals surface area contributed by atoms with Crippen molar-refractivity contribution in [2.24, 2.45) is 5.10 Å². The predicted octanol–water partition coefficient (Wildman–Crippen LogP) is 5.20. The topological polar surface area (TPSA) is 126 Å². The molecular formula is C21H17N5O4. The number of nitro benzene ring substituents is 2. The van der Waals surface area contributed by atoms with Gasteiger partial charge in [-0.2, -0.15) is 5.10 Å². The molecule has 0 saturated carbocycles. The van der Waals surface area contributed by atoms with E-state index in [0.717, 1.165) is 33.4 Å². The van der Waals surface area contributed by atoms with Crippen LogP contribution in [0.3, 0.4) is 0 Å². The molecule has 1 aromatic heterocycles. The Kier molecular flexibility index (Phi) is 4.63. The van der Waals surface area contributed by atoms with E-state index in [0.29, 0.717) is 0 Å². The molecule has 9 nitrogen and oxygen atoms in total. The Balaban J connectivity index is 1.64. The number of rotatable bonds is 5. The van der Waals surface area contributed by atoms with Crippen LogP contribution in [0.5, 0.6) is 0 Å². The fraction of sp³-hybridized carbons (Fsp3) is 0.0952. The van der Waals surface area contributed by atoms with E-state index in [1.54, 1.807) is 6.21 Å². The maximum Gasteiger partial charge on any atom is 0.301 e. The summed E-state index contributed by atoms with van der Waals surface area (Å²) in [6, 6.07) is 13.4. The Bertz CT molecular complexity index is 1360. The summed E-state index contributed by atoms with van der Waals surface area (Å²) in [5.41, 5.74) is 7.18. The molecule has 0 saturated heterocycles. The van der Waals surface area contributed by atoms with E-state index in [1.165, 1.54) is 23.3 Å². The lowest BCUT2D eigenvalue weighted by molar-refractivity contribution is -0.393. The van der Waals surface area contributed by atoms with Gasteiger partial charge >= 0.3 is 5.69 Å². The van der Waals surface area contributed by atoms with Crippen LogP contribution in [-0.4, -0.2) is 21.0 Å². The number of aromatic nitrogens is 1. The summed E-state index contributed by atoms with van der Waals surface area (Å²) >= 11 is 0. The fourth-order valence-electron chi connectivity index (χ4n) is 3.32. The average Bonchev–Trinajstić information content (AvgIpc) is 3.05. The summed E-state index contributed by atoms with van der Waals surface area (Å²) in [5.74, 6) is 0. The molecule has 0 unspecified atom stereocenters. The SMILES string of the molecule is Cc1cc2[nH]c3ccc(/C=N\Nc4ccc([N+](=O)[O-])cc4[N+](=O)[O-])cc3c2cc1C. The molecule has 0 spiro atoms. The lowest BCUT2D eigenvalue weighted by Gasteiger charge is -2.02. The van der Waals surface area contributed by atoms with Crippen LogP contribution in [0.1, 0.15) is 16.7 Å². The molecule has 3 aromatic carbocycles. The summed E-state index contributed by atoms with van der Waals surface area (Å²) in [6.07, 6.45) is 1.55. The number of hydrogen-bond donors (Lipinski definition) is 2. The quantitative estimate of drug-likeness (QED) is 0.269. The number of nitrogens with one attached hydrogen (secondary N) is 2. The Morgan fingerprint density at radius 1 is 0.900 bits per heavy atom. The first-order valence-corrected chi connectivity index (χ1v) is 9.08. The molecular weight excluding hydrogens is 386 g/mol. The molecule has 150 valence electrons. The minimum Gasteiger partial charge on any atom is -0.355 e. The van der Waals surface area contributed by atoms with E-state index in [1.807, 2.05) is 18.2 Å². The van der Waals surface area contributed by atoms with Crippen LogP contribution in [-0.2, 0) is 0 Å². The Morgan fingerprint density at radius 3 is 2.37 bits per heavy atom. The molecule has 0 aliphatic rings. The zero-order valence-corrected chi connectivity index (χ0v) is 16.2. The van der Waals surface area contributed by atoms with Gasteiger partial charge in [-0.15, -0.1) is 0 Å². The molecule has 9 heteroatoms. The predicted molar refractivity (Wildman–Crippen MR) is 116 cm³/mol. The number of H-pyrrole nitrogens is 1. The molecule has 30 heavy (non-hydrogen) atoms. The number of hydrogen-bond acceptors (Lipinski definition) is 6. The monoisotopic (exact) mass is 403 g/mol. The summed E-state index contributed by atoms with van der Waals surface area (Å²) in [4.78, 5) is 24.1. The highest BCUT2D eigenvalue weighted by Crippen LogP contribution is 2.30. The summed E-state index contributed by atoms with van der Waals surface area (Å²) < 4.78 is 0. The van der Waals surface area contributed by atoms with Gasteiger partial charge in [-0.1, -0.05) is 6.07 Å². The molecule has 0 radical (unpaired) electrons. The molecule has 0 bridgehead atoms. The molecule has 0 amide bonds. The zero-order valence-electron chi connectivity index (χ0n) is 16.2. The number of anilines is 1. The number of non-ortho nitro benzene ring substituents is 1. The maximum atomic E-state index is 11.2. The van der Waals surface area contributed by atoms with E-state index >= 15 is 0 Å². The number of nitro groups is 2. The summed E-state index contributed by atoms with van der Waals surface area (Å²) in [5, 5.41) is 28.3. The van der Waals surface area contributed by atoms with Crippen molar-refractivity contribution in [2.75, 3.05) is 5.43 Å². The number of benzene rings is 3. The minimum atomic E-state index is -0.687. The molecule has 1 heterocycles. The smallest absolute Gasteiger partial charge is 0.301 e. The number of nitrogens with zero attached hydrogens (tertiary/aromatic N) is 3. The maximum absolute atomic E-state index is 11.2. The van der Waals surface area contributed by atoms with Crippen LogP contribution in [0.2, 0.25) is 0 Å². The van der Waals surface area contributed by atoms with Crippen LogP contribution in [0.4, 0.5) is 17.1 Å². The highest BCUT2D eigenvalue weighted by Gasteiger charge is 2.19. The Labute approximate surface area is 170 Å². The first-order valence-electron chi connectivity index (χ1n) is 9.08. The Hall–Kier alpha value is -4.27. The van der Waals surface area contributed by atoms with Gasteiger partial charge in [0.25, 0.3) is 5.69 Å². The van der Waals surface area contributed by atoms with Crippen LogP contribution in [0.15, 0.2) is 53.6 Å². The molecule has 0 fully saturated rings. The third-order valence-corrected chi connectivity index (χ3v) is 5.02. The molecule has 4 rings (SSSR count). The van der Waals surface area contributed by atoms with Gasteiger partial charge in [0, 0.05) is 27.9 Å². The van der Waals surface area contributed by atoms with Gasteiger partial charge in [0.2, 0.25) is 0 Å². The van der Waals surface area contributed by atoms with E-state index < -0.39 is 15.5 Å². The second kappa shape index (κ2) is 7.28. The standard InChI is InChI=1S/C21H17N5O4/c1-12-7-16-17-9-14(3-5-18(17)23-20(16)8-13(12)2)11-22-24-19-6-4-15(25(27)28)10-21(19)26(29)30/h3-11,23-24H,1-2H3/b22-11-. The van der Waals surface area contributed by atoms with Crippen molar-refractivity contribution < 1.29 is 9.85 Å². The highest BCUT2D eigenvalue weighted by molar-refractivity contribution is 6.09. The van der Waals surface area contributed by atoms with Gasteiger partial charge in [-0.25, -0.2) is 0 Å². The fourth-order valence-corrected chi connectivity index (χ4v) is 3.32. The molecule has 0 aliphatic heterocycles. The van der Waals surface area contributed by atoms with E-state index in [4.69, 9.17) is 0 Å². The van der Waals surface area contributed by atoms with Crippen molar-refractivity contribution in [3.8, 4) is 0 Å². The van der Waals surface area contributed by atoms with Crippen LogP contribution < -0.4 is 5.43 Å². The summed E-state index contributed by atoms with van der Waals surface area (Å²) in [7, 11) is 0. The minimum absolute atomic E-state index is 0.0705. The van der Waals surface area contributed by atoms with Gasteiger partial charge < -0.3 is 4.98 Å². The van der Waals surface area contributed by atoms with Gasteiger partial charge in [0.1, 0.15) is 5.69 Å². The summed E-state index contributed by atoms with van der Waals surface area (Å²) in [6.45, 7) is 4.14. The third-order valence-electron chi connectivity index (χ3n) is 5.02. The molecule has 0 aliphatic carbocycles. The van der Waals surface area contributed by atoms with E-state index in [9.17, 15) is 20.2 Å². The van der Waals surface area contributed by atoms with Crippen LogP contribution in [0, 0.1) is 34.1 Å². The Morgan fingerprint density at radius 2 is 1.63 bits per heavy atom. The molecule has 0 atom stereocenters. The van der Waals surface area contributed by atoms with Crippen molar-refractivity contribution in [2.45, 2.75) is 13.8 Å². The van der Waals surface area contributed by atoms with Crippen LogP contribution >= 0.6 is 0 Å². The second-order valence-electron chi connectivity index (χ2n) is 7.00. The van der Waals surface area contributed by atoms with Crippen molar-refractivity contribution in [1.29, 1.82) is 0 Å². The third kappa shape index (κ3) is 3.44. The van der Waals surface area contributed by atoms with Crippen molar-refractivity contribution in [1.82, 2.24) is 4.98 Å². The normalized spacial score (nSPS) is 11.4. The van der Waals surface area contributed by atoms with E-state index in [2.05, 4.69) is 41.5 Å². The number of hydrazone groups is 1. The van der Waals surface area contributed by atoms with Gasteiger partial charge in [0.15, 0.2) is 0 Å². The molecule has 2 N–H and O–H groups in total. The lowest BCUT2D eigenvalue weighted by Crippen LogP contribution is -1.98. The van der Waals surface area contributed by atoms with Crippen molar-refractivity contribution >= 4 is 45.1 Å². The van der Waals surface area contributed by atoms with Crippen molar-refractivity contribution in [3.63, 3.8) is 0 Å². The van der Waals surface area contributed by atoms with Crippen LogP contribution in [0.25, 0.3) is 21.8 Å².